The average Bonchev–Trinajstić information content (AvgIpc) is 2.24. The monoisotopic (exact) mass is 1120 g/mol. The molecule has 82 heavy (non-hydrogen) atoms. The van der Waals surface area contributed by atoms with Crippen molar-refractivity contribution < 1.29 is 38.4 Å². The number of benzene rings is 2. The molecule has 1 amide bonds. The van der Waals surface area contributed by atoms with Crippen molar-refractivity contribution in [1.82, 2.24) is 10.2 Å². The fourth-order valence-corrected chi connectivity index (χ4v) is 20.4. The Morgan fingerprint density at radius 2 is 1.20 bits per heavy atom. The van der Waals surface area contributed by atoms with E-state index in [4.69, 9.17) is 23.7 Å². The van der Waals surface area contributed by atoms with Crippen LogP contribution in [0.15, 0.2) is 106 Å². The van der Waals surface area contributed by atoms with Crippen LogP contribution in [-0.2, 0) is 36.9 Å². The smallest absolute Gasteiger partial charge is 0.445 e. The Kier molecular flexibility index (Phi) is 16.6. The molecule has 10 heteroatoms. The lowest BCUT2D eigenvalue weighted by Crippen LogP contribution is -2.54. The highest BCUT2D eigenvalue weighted by molar-refractivity contribution is 5.69. The van der Waals surface area contributed by atoms with Gasteiger partial charge in [-0.2, -0.15) is 0 Å². The Morgan fingerprint density at radius 1 is 0.659 bits per heavy atom. The molecule has 4 saturated carbocycles. The molecule has 14 rings (SSSR count). The fraction of sp³-hybridized carbons (Fsp3) is 0.694. The van der Waals surface area contributed by atoms with Crippen LogP contribution in [0.25, 0.3) is 0 Å². The molecule has 12 aliphatic rings. The first-order chi connectivity index (χ1) is 38.5. The zero-order valence-electron chi connectivity index (χ0n) is 49.6. The molecule has 0 unspecified atom stereocenters. The Labute approximate surface area is 493 Å². The molecule has 2 aromatic carbocycles. The molecule has 4 aliphatic heterocycles. The lowest BCUT2D eigenvalue weighted by Gasteiger charge is -2.49. The van der Waals surface area contributed by atoms with Crippen molar-refractivity contribution in [3.8, 4) is 0 Å². The number of aliphatic hydroxyl groups is 1. The molecule has 2 spiro atoms. The molecule has 8 fully saturated rings. The molecule has 0 radical (unpaired) electrons. The molecular weight excluding hydrogens is 1020 g/mol. The number of aliphatic hydroxyl groups excluding tert-OH is 1. The van der Waals surface area contributed by atoms with Crippen LogP contribution in [0.3, 0.4) is 0 Å². The number of fused-ring (bicyclic) bond motifs is 12. The standard InChI is InChI=1S/C43H53NO6.C27H41NO2.2CH4/c1-27-21-38-39(44(24-27)40(45)47-25-30-11-7-5-8-12-30)29(3)43(50-38)20-18-34-35-16-15-32-22-33(49-41(46)48-26-31-13-9-6-10-14-31)17-19-42(32,4)37(35)23-36(34)28(43)2;1-15-11-24-25(28-14-15)17(3)27(30-24)10-8-20-21-6-5-18-12-19(29)7-9-26(18,4)23(21)13-22(20)16(27)2;;/h5-15,27,29,33-35,37-39H,16-26H2,1-4H3;5,15,17,19-21,23-25,28-29H,6-14H2,1-4H3;2*1H4/t27-,29+,33-,34-,35-,37-,38+,39-,42-,43-;15-,17+,19-,20-,21-,23-,24+,25-,26-,27-;;/m00../s1. The molecule has 2 aromatic rings. The summed E-state index contributed by atoms with van der Waals surface area (Å²) in [5.74, 6) is 6.01. The quantitative estimate of drug-likeness (QED) is 0.223. The van der Waals surface area contributed by atoms with Crippen molar-refractivity contribution in [3.63, 3.8) is 0 Å². The van der Waals surface area contributed by atoms with Gasteiger partial charge >= 0.3 is 12.2 Å². The van der Waals surface area contributed by atoms with Gasteiger partial charge in [0.05, 0.1) is 35.6 Å². The SMILES string of the molecule is C.C.CC1=C2C[C@H]3[C@@H](CC=C4C[C@@H](O)CC[C@@]43C)[C@@H]2CC[C@]12O[C@@H]1C[C@H](C)CN[C@H]1[C@H]2C.CC1=C2C[C@H]3[C@@H](CC=C4C[C@@H](OC(=O)OCc5ccccc5)CC[C@@]43C)[C@@H]2CC[C@]12O[C@@H]1C[C@H](C)CN(C(=O)OCc3ccccc3)[C@H]1[C@H]2C. The minimum atomic E-state index is -0.571. The second-order valence-corrected chi connectivity index (χ2v) is 28.7. The number of rotatable bonds is 5. The molecular formula is C72H102N2O8. The summed E-state index contributed by atoms with van der Waals surface area (Å²) in [6, 6.07) is 20.2. The van der Waals surface area contributed by atoms with E-state index in [9.17, 15) is 14.7 Å². The summed E-state index contributed by atoms with van der Waals surface area (Å²) in [4.78, 5) is 28.3. The third-order valence-electron chi connectivity index (χ3n) is 24.8. The maximum absolute atomic E-state index is 13.6. The summed E-state index contributed by atoms with van der Waals surface area (Å²) < 4.78 is 31.5. The van der Waals surface area contributed by atoms with Crippen molar-refractivity contribution in [3.05, 3.63) is 117 Å². The van der Waals surface area contributed by atoms with Gasteiger partial charge in [0.2, 0.25) is 0 Å². The Hall–Kier alpha value is -4.22. The predicted octanol–water partition coefficient (Wildman–Crippen LogP) is 15.7. The van der Waals surface area contributed by atoms with Gasteiger partial charge in [-0.05, 0) is 197 Å². The Bertz CT molecular complexity index is 2810. The predicted molar refractivity (Wildman–Crippen MR) is 324 cm³/mol. The highest BCUT2D eigenvalue weighted by atomic mass is 16.7. The van der Waals surface area contributed by atoms with Gasteiger partial charge in [0.1, 0.15) is 19.3 Å². The summed E-state index contributed by atoms with van der Waals surface area (Å²) in [6.45, 7) is 21.6. The topological polar surface area (TPSA) is 116 Å². The largest absolute Gasteiger partial charge is 0.508 e. The third-order valence-corrected chi connectivity index (χ3v) is 24.8. The van der Waals surface area contributed by atoms with E-state index in [0.717, 1.165) is 106 Å². The second-order valence-electron chi connectivity index (χ2n) is 28.7. The minimum absolute atomic E-state index is 0. The van der Waals surface area contributed by atoms with Crippen molar-refractivity contribution in [2.45, 2.75) is 234 Å². The highest BCUT2D eigenvalue weighted by Crippen LogP contribution is 2.67. The number of likely N-dealkylation sites (tertiary alicyclic amines) is 1. The number of ether oxygens (including phenoxy) is 5. The summed E-state index contributed by atoms with van der Waals surface area (Å²) >= 11 is 0. The van der Waals surface area contributed by atoms with Gasteiger partial charge in [-0.15, -0.1) is 0 Å². The number of nitrogens with zero attached hydrogens (tertiary/aromatic N) is 1. The van der Waals surface area contributed by atoms with Gasteiger partial charge in [-0.1, -0.05) is 152 Å². The van der Waals surface area contributed by atoms with E-state index in [0.29, 0.717) is 53.7 Å². The number of hydrogen-bond donors (Lipinski definition) is 2. The molecule has 2 N–H and O–H groups in total. The number of piperidine rings is 2. The second kappa shape index (κ2) is 22.9. The summed E-state index contributed by atoms with van der Waals surface area (Å²) in [5, 5.41) is 14.1. The number of allylic oxidation sites excluding steroid dienone is 4. The Morgan fingerprint density at radius 3 is 1.80 bits per heavy atom. The number of hydrogen-bond acceptors (Lipinski definition) is 9. The molecule has 0 bridgehead atoms. The first-order valence-corrected chi connectivity index (χ1v) is 31.9. The highest BCUT2D eigenvalue weighted by Gasteiger charge is 2.64. The third kappa shape index (κ3) is 9.91. The lowest BCUT2D eigenvalue weighted by molar-refractivity contribution is -0.0639. The van der Waals surface area contributed by atoms with Crippen LogP contribution in [0.4, 0.5) is 9.59 Å². The summed E-state index contributed by atoms with van der Waals surface area (Å²) in [7, 11) is 0. The minimum Gasteiger partial charge on any atom is -0.445 e. The zero-order chi connectivity index (χ0) is 55.5. The van der Waals surface area contributed by atoms with Crippen LogP contribution in [0.5, 0.6) is 0 Å². The van der Waals surface area contributed by atoms with E-state index in [-0.39, 0.29) is 81.0 Å². The van der Waals surface area contributed by atoms with Gasteiger partial charge in [0.25, 0.3) is 0 Å². The van der Waals surface area contributed by atoms with Crippen LogP contribution in [0.1, 0.15) is 184 Å². The maximum Gasteiger partial charge on any atom is 0.508 e. The van der Waals surface area contributed by atoms with Crippen LogP contribution in [0, 0.1) is 70.0 Å². The molecule has 10 nitrogen and oxygen atoms in total. The molecule has 4 heterocycles. The van der Waals surface area contributed by atoms with E-state index in [1.807, 2.05) is 65.6 Å². The van der Waals surface area contributed by atoms with E-state index >= 15 is 0 Å². The maximum atomic E-state index is 13.6. The van der Waals surface area contributed by atoms with Crippen molar-refractivity contribution in [2.75, 3.05) is 13.1 Å². The first-order valence-electron chi connectivity index (χ1n) is 31.9. The first kappa shape index (κ1) is 59.5. The molecule has 448 valence electrons. The number of nitrogens with one attached hydrogen (secondary N) is 1. The molecule has 4 saturated heterocycles. The summed E-state index contributed by atoms with van der Waals surface area (Å²) in [5.41, 5.74) is 11.5. The zero-order valence-corrected chi connectivity index (χ0v) is 49.6. The Balaban J connectivity index is 0.000000188. The van der Waals surface area contributed by atoms with E-state index < -0.39 is 6.16 Å². The lowest BCUT2D eigenvalue weighted by atomic mass is 9.56. The van der Waals surface area contributed by atoms with Gasteiger partial charge in [-0.25, -0.2) is 9.59 Å². The fourth-order valence-electron chi connectivity index (χ4n) is 20.4. The van der Waals surface area contributed by atoms with E-state index in [1.54, 1.807) is 22.3 Å². The van der Waals surface area contributed by atoms with Gasteiger partial charge in [-0.3, -0.25) is 0 Å². The number of carbonyl (C=O) groups is 2. The van der Waals surface area contributed by atoms with Crippen LogP contribution < -0.4 is 5.32 Å². The summed E-state index contributed by atoms with van der Waals surface area (Å²) in [6.07, 6.45) is 21.8. The normalized spacial score (nSPS) is 42.9. The van der Waals surface area contributed by atoms with Crippen molar-refractivity contribution >= 4 is 12.2 Å². The molecule has 8 aliphatic carbocycles. The van der Waals surface area contributed by atoms with E-state index in [1.165, 1.54) is 49.7 Å². The number of carbonyl (C=O) groups excluding carboxylic acids is 2. The van der Waals surface area contributed by atoms with Crippen LogP contribution >= 0.6 is 0 Å². The molecule has 0 aromatic heterocycles. The van der Waals surface area contributed by atoms with Crippen molar-refractivity contribution in [2.24, 2.45) is 70.0 Å². The van der Waals surface area contributed by atoms with Crippen LogP contribution in [0.2, 0.25) is 0 Å². The van der Waals surface area contributed by atoms with E-state index in [2.05, 4.69) is 72.9 Å². The molecule has 20 atom stereocenters. The van der Waals surface area contributed by atoms with Gasteiger partial charge in [0, 0.05) is 30.8 Å². The van der Waals surface area contributed by atoms with Gasteiger partial charge < -0.3 is 39.0 Å². The van der Waals surface area contributed by atoms with Crippen molar-refractivity contribution in [1.29, 1.82) is 0 Å². The average molecular weight is 1120 g/mol. The van der Waals surface area contributed by atoms with Crippen LogP contribution in [-0.4, -0.2) is 83.0 Å². The number of amides is 1. The van der Waals surface area contributed by atoms with Gasteiger partial charge in [0.15, 0.2) is 0 Å².